The van der Waals surface area contributed by atoms with E-state index in [0.717, 1.165) is 37.7 Å². The van der Waals surface area contributed by atoms with E-state index in [0.29, 0.717) is 19.3 Å². The molecule has 3 rings (SSSR count). The number of β-amino-alcohol motifs (C(OH)–C–C–N with tert-alkyl or cyclic N) is 1. The van der Waals surface area contributed by atoms with E-state index in [-0.39, 0.29) is 0 Å². The van der Waals surface area contributed by atoms with Crippen LogP contribution in [0.15, 0.2) is 30.3 Å². The Hall–Kier alpha value is -0.940. The first kappa shape index (κ1) is 15.0. The molecule has 0 spiro atoms. The van der Waals surface area contributed by atoms with Crippen molar-refractivity contribution >= 4 is 0 Å². The first-order chi connectivity index (χ1) is 10.3. The number of rotatable bonds is 6. The monoisotopic (exact) mass is 290 g/mol. The minimum absolute atomic E-state index is 0.395. The van der Waals surface area contributed by atoms with Crippen LogP contribution in [0.4, 0.5) is 0 Å². The lowest BCUT2D eigenvalue weighted by Gasteiger charge is -2.38. The first-order valence-corrected chi connectivity index (χ1v) is 8.07. The van der Waals surface area contributed by atoms with Crippen LogP contribution >= 0.6 is 0 Å². The van der Waals surface area contributed by atoms with E-state index in [1.165, 1.54) is 12.8 Å². The molecule has 1 aromatic rings. The maximum absolute atomic E-state index is 10.2. The molecule has 2 aliphatic heterocycles. The van der Waals surface area contributed by atoms with Gasteiger partial charge in [0.05, 0.1) is 19.3 Å². The largest absolute Gasteiger partial charge is 0.389 e. The molecule has 4 nitrogen and oxygen atoms in total. The van der Waals surface area contributed by atoms with E-state index in [9.17, 15) is 5.11 Å². The van der Waals surface area contributed by atoms with Gasteiger partial charge in [0, 0.05) is 19.1 Å². The fraction of sp³-hybridized carbons (Fsp3) is 0.647. The predicted octanol–water partition coefficient (Wildman–Crippen LogP) is 1.25. The molecule has 0 aliphatic carbocycles. The molecule has 0 saturated carbocycles. The number of nitrogens with one attached hydrogen (secondary N) is 1. The lowest BCUT2D eigenvalue weighted by molar-refractivity contribution is -0.00634. The second-order valence-electron chi connectivity index (χ2n) is 6.28. The number of aliphatic hydroxyl groups excluding tert-OH is 1. The van der Waals surface area contributed by atoms with Crippen LogP contribution in [-0.4, -0.2) is 54.9 Å². The third-order valence-electron chi connectivity index (χ3n) is 4.66. The van der Waals surface area contributed by atoms with Crippen LogP contribution < -0.4 is 5.32 Å². The second kappa shape index (κ2) is 7.36. The SMILES string of the molecule is OC(COCc1ccccc1)CN1CCCC2CNCC21. The van der Waals surface area contributed by atoms with E-state index < -0.39 is 6.10 Å². The standard InChI is InChI=1S/C17H26N2O2/c20-16(13-21-12-14-5-2-1-3-6-14)11-19-8-4-7-15-9-18-10-17(15)19/h1-3,5-6,15-18,20H,4,7-13H2. The molecule has 0 bridgehead atoms. The zero-order chi connectivity index (χ0) is 14.5. The molecule has 0 radical (unpaired) electrons. The van der Waals surface area contributed by atoms with Crippen molar-refractivity contribution in [1.29, 1.82) is 0 Å². The van der Waals surface area contributed by atoms with Crippen LogP contribution in [0.3, 0.4) is 0 Å². The summed E-state index contributed by atoms with van der Waals surface area (Å²) in [5.74, 6) is 0.774. The number of piperidine rings is 1. The van der Waals surface area contributed by atoms with Gasteiger partial charge in [-0.15, -0.1) is 0 Å². The number of nitrogens with zero attached hydrogens (tertiary/aromatic N) is 1. The Morgan fingerprint density at radius 3 is 3.00 bits per heavy atom. The summed E-state index contributed by atoms with van der Waals surface area (Å²) in [6.45, 7) is 5.04. The molecule has 116 valence electrons. The third-order valence-corrected chi connectivity index (χ3v) is 4.66. The molecule has 3 atom stereocenters. The highest BCUT2D eigenvalue weighted by molar-refractivity contribution is 5.13. The second-order valence-corrected chi connectivity index (χ2v) is 6.28. The van der Waals surface area contributed by atoms with E-state index >= 15 is 0 Å². The van der Waals surface area contributed by atoms with Gasteiger partial charge in [0.2, 0.25) is 0 Å². The molecule has 3 unspecified atom stereocenters. The molecule has 21 heavy (non-hydrogen) atoms. The maximum atomic E-state index is 10.2. The molecule has 0 aromatic heterocycles. The summed E-state index contributed by atoms with van der Waals surface area (Å²) < 4.78 is 5.64. The van der Waals surface area contributed by atoms with Crippen molar-refractivity contribution < 1.29 is 9.84 Å². The quantitative estimate of drug-likeness (QED) is 0.827. The van der Waals surface area contributed by atoms with Crippen LogP contribution in [0.1, 0.15) is 18.4 Å². The predicted molar refractivity (Wildman–Crippen MR) is 83.1 cm³/mol. The van der Waals surface area contributed by atoms with Crippen molar-refractivity contribution in [3.8, 4) is 0 Å². The lowest BCUT2D eigenvalue weighted by Crippen LogP contribution is -2.48. The number of hydrogen-bond donors (Lipinski definition) is 2. The fourth-order valence-electron chi connectivity index (χ4n) is 3.60. The van der Waals surface area contributed by atoms with Gasteiger partial charge in [0.15, 0.2) is 0 Å². The summed E-state index contributed by atoms with van der Waals surface area (Å²) in [4.78, 5) is 2.45. The van der Waals surface area contributed by atoms with Gasteiger partial charge in [-0.25, -0.2) is 0 Å². The van der Waals surface area contributed by atoms with Crippen molar-refractivity contribution in [2.45, 2.75) is 31.6 Å². The maximum Gasteiger partial charge on any atom is 0.0900 e. The third kappa shape index (κ3) is 4.04. The summed E-state index contributed by atoms with van der Waals surface area (Å²) >= 11 is 0. The van der Waals surface area contributed by atoms with Crippen molar-refractivity contribution in [3.63, 3.8) is 0 Å². The molecule has 2 aliphatic rings. The topological polar surface area (TPSA) is 44.7 Å². The average Bonchev–Trinajstić information content (AvgIpc) is 2.98. The molecular formula is C17H26N2O2. The molecule has 2 saturated heterocycles. The highest BCUT2D eigenvalue weighted by Gasteiger charge is 2.35. The van der Waals surface area contributed by atoms with Gasteiger partial charge in [0.25, 0.3) is 0 Å². The Kier molecular flexibility index (Phi) is 5.25. The van der Waals surface area contributed by atoms with Crippen LogP contribution in [0, 0.1) is 5.92 Å². The molecule has 2 N–H and O–H groups in total. The number of hydrogen-bond acceptors (Lipinski definition) is 4. The van der Waals surface area contributed by atoms with Gasteiger partial charge < -0.3 is 15.2 Å². The fourth-order valence-corrected chi connectivity index (χ4v) is 3.60. The highest BCUT2D eigenvalue weighted by Crippen LogP contribution is 2.26. The minimum atomic E-state index is -0.395. The number of ether oxygens (including phenoxy) is 1. The molecule has 0 amide bonds. The van der Waals surface area contributed by atoms with Crippen molar-refractivity contribution in [2.75, 3.05) is 32.8 Å². The summed E-state index contributed by atoms with van der Waals surface area (Å²) in [7, 11) is 0. The van der Waals surface area contributed by atoms with Gasteiger partial charge in [-0.2, -0.15) is 0 Å². The average molecular weight is 290 g/mol. The van der Waals surface area contributed by atoms with Crippen LogP contribution in [0.2, 0.25) is 0 Å². The zero-order valence-electron chi connectivity index (χ0n) is 12.6. The Morgan fingerprint density at radius 1 is 1.29 bits per heavy atom. The van der Waals surface area contributed by atoms with E-state index in [1.807, 2.05) is 30.3 Å². The van der Waals surface area contributed by atoms with Gasteiger partial charge in [-0.05, 0) is 37.4 Å². The van der Waals surface area contributed by atoms with Gasteiger partial charge >= 0.3 is 0 Å². The molecule has 2 heterocycles. The molecule has 2 fully saturated rings. The van der Waals surface area contributed by atoms with E-state index in [4.69, 9.17) is 4.74 Å². The van der Waals surface area contributed by atoms with Gasteiger partial charge in [-0.3, -0.25) is 4.90 Å². The zero-order valence-corrected chi connectivity index (χ0v) is 12.6. The summed E-state index contributed by atoms with van der Waals surface area (Å²) in [6, 6.07) is 10.7. The number of benzene rings is 1. The van der Waals surface area contributed by atoms with Crippen molar-refractivity contribution in [2.24, 2.45) is 5.92 Å². The Labute approximate surface area is 127 Å². The number of fused-ring (bicyclic) bond motifs is 1. The summed E-state index contributed by atoms with van der Waals surface area (Å²) in [6.07, 6.45) is 2.18. The summed E-state index contributed by atoms with van der Waals surface area (Å²) in [5, 5.41) is 13.7. The van der Waals surface area contributed by atoms with Crippen molar-refractivity contribution in [3.05, 3.63) is 35.9 Å². The summed E-state index contributed by atoms with van der Waals surface area (Å²) in [5.41, 5.74) is 1.16. The van der Waals surface area contributed by atoms with E-state index in [2.05, 4.69) is 10.2 Å². The van der Waals surface area contributed by atoms with Crippen molar-refractivity contribution in [1.82, 2.24) is 10.2 Å². The minimum Gasteiger partial charge on any atom is -0.389 e. The van der Waals surface area contributed by atoms with Gasteiger partial charge in [0.1, 0.15) is 0 Å². The lowest BCUT2D eigenvalue weighted by atomic mass is 9.92. The highest BCUT2D eigenvalue weighted by atomic mass is 16.5. The molecule has 4 heteroatoms. The molecule has 1 aromatic carbocycles. The Morgan fingerprint density at radius 2 is 2.14 bits per heavy atom. The smallest absolute Gasteiger partial charge is 0.0900 e. The van der Waals surface area contributed by atoms with Crippen LogP contribution in [-0.2, 0) is 11.3 Å². The van der Waals surface area contributed by atoms with E-state index in [1.54, 1.807) is 0 Å². The molecular weight excluding hydrogens is 264 g/mol. The Balaban J connectivity index is 1.40. The number of aliphatic hydroxyl groups is 1. The van der Waals surface area contributed by atoms with Crippen LogP contribution in [0.25, 0.3) is 0 Å². The van der Waals surface area contributed by atoms with Gasteiger partial charge in [-0.1, -0.05) is 30.3 Å². The van der Waals surface area contributed by atoms with Crippen LogP contribution in [0.5, 0.6) is 0 Å². The Bertz CT molecular complexity index is 426. The normalized spacial score (nSPS) is 27.5. The first-order valence-electron chi connectivity index (χ1n) is 8.07. The number of likely N-dealkylation sites (tertiary alicyclic amines) is 1.